The fourth-order valence-electron chi connectivity index (χ4n) is 0.967. The second-order valence-corrected chi connectivity index (χ2v) is 4.36. The first-order valence-corrected chi connectivity index (χ1v) is 5.22. The quantitative estimate of drug-likeness (QED) is 0.588. The maximum absolute atomic E-state index is 5.50. The third-order valence-electron chi connectivity index (χ3n) is 1.81. The first-order chi connectivity index (χ1) is 6.26. The Morgan fingerprint density at radius 3 is 2.54 bits per heavy atom. The van der Waals surface area contributed by atoms with Crippen LogP contribution in [0.4, 0.5) is 0 Å². The molecule has 2 N–H and O–H groups in total. The van der Waals surface area contributed by atoms with Gasteiger partial charge in [0.2, 0.25) is 0 Å². The van der Waals surface area contributed by atoms with Gasteiger partial charge >= 0.3 is 0 Å². The van der Waals surface area contributed by atoms with Gasteiger partial charge in [0.05, 0.1) is 0 Å². The van der Waals surface area contributed by atoms with Gasteiger partial charge in [0.15, 0.2) is 0 Å². The number of hydrogen-bond acceptors (Lipinski definition) is 2. The molecule has 0 heterocycles. The monoisotopic (exact) mass is 193 g/mol. The Balaban J connectivity index is 2.63. The molecule has 70 valence electrons. The molecule has 0 radical (unpaired) electrons. The summed E-state index contributed by atoms with van der Waals surface area (Å²) in [5, 5.41) is 0.462. The molecule has 0 aliphatic heterocycles. The largest absolute Gasteiger partial charge is 0.326 e. The summed E-state index contributed by atoms with van der Waals surface area (Å²) >= 11 is 1.80. The summed E-state index contributed by atoms with van der Waals surface area (Å²) < 4.78 is 0. The maximum atomic E-state index is 5.50. The highest BCUT2D eigenvalue weighted by molar-refractivity contribution is 8.00. The Kier molecular flexibility index (Phi) is 4.06. The summed E-state index contributed by atoms with van der Waals surface area (Å²) in [6.07, 6.45) is 1.95. The topological polar surface area (TPSA) is 26.0 Å². The number of rotatable bonds is 4. The highest BCUT2D eigenvalue weighted by Crippen LogP contribution is 2.23. The van der Waals surface area contributed by atoms with Crippen molar-refractivity contribution in [3.63, 3.8) is 0 Å². The van der Waals surface area contributed by atoms with Crippen LogP contribution in [0.25, 0.3) is 0 Å². The average Bonchev–Trinajstić information content (AvgIpc) is 2.19. The van der Waals surface area contributed by atoms with Gasteiger partial charge in [-0.05, 0) is 24.6 Å². The van der Waals surface area contributed by atoms with Crippen LogP contribution in [0, 0.1) is 0 Å². The van der Waals surface area contributed by atoms with Crippen LogP contribution in [0.2, 0.25) is 0 Å². The summed E-state index contributed by atoms with van der Waals surface area (Å²) in [6, 6.07) is 8.34. The zero-order chi connectivity index (χ0) is 9.68. The molecule has 0 amide bonds. The molecule has 1 rings (SSSR count). The van der Waals surface area contributed by atoms with Gasteiger partial charge in [-0.3, -0.25) is 0 Å². The number of nitrogens with two attached hydrogens (primary N) is 1. The van der Waals surface area contributed by atoms with E-state index in [-0.39, 0.29) is 0 Å². The SMILES string of the molecule is C=CC(C)Sc1ccc(CN)cc1. The lowest BCUT2D eigenvalue weighted by Gasteiger charge is -2.05. The first-order valence-electron chi connectivity index (χ1n) is 4.34. The minimum absolute atomic E-state index is 0.462. The number of thioether (sulfide) groups is 1. The molecular weight excluding hydrogens is 178 g/mol. The fraction of sp³-hybridized carbons (Fsp3) is 0.273. The van der Waals surface area contributed by atoms with Gasteiger partial charge in [-0.1, -0.05) is 18.2 Å². The molecule has 2 heteroatoms. The van der Waals surface area contributed by atoms with Crippen LogP contribution in [0.15, 0.2) is 41.8 Å². The third kappa shape index (κ3) is 3.25. The van der Waals surface area contributed by atoms with Crippen LogP contribution in [0.1, 0.15) is 12.5 Å². The number of hydrogen-bond donors (Lipinski definition) is 1. The molecule has 0 aliphatic rings. The molecule has 0 aliphatic carbocycles. The molecule has 1 atom stereocenters. The van der Waals surface area contributed by atoms with Crippen molar-refractivity contribution in [3.05, 3.63) is 42.5 Å². The van der Waals surface area contributed by atoms with E-state index in [4.69, 9.17) is 5.73 Å². The van der Waals surface area contributed by atoms with Crippen LogP contribution in [0.3, 0.4) is 0 Å². The van der Waals surface area contributed by atoms with Crippen LogP contribution in [0.5, 0.6) is 0 Å². The van der Waals surface area contributed by atoms with Crippen molar-refractivity contribution in [1.82, 2.24) is 0 Å². The Morgan fingerprint density at radius 2 is 2.08 bits per heavy atom. The molecule has 0 spiro atoms. The van der Waals surface area contributed by atoms with Crippen LogP contribution < -0.4 is 5.73 Å². The number of benzene rings is 1. The lowest BCUT2D eigenvalue weighted by Crippen LogP contribution is -1.95. The molecule has 0 bridgehead atoms. The summed E-state index contributed by atoms with van der Waals surface area (Å²) in [7, 11) is 0. The van der Waals surface area contributed by atoms with Crippen molar-refractivity contribution in [2.45, 2.75) is 23.6 Å². The van der Waals surface area contributed by atoms with Crippen molar-refractivity contribution in [2.24, 2.45) is 5.73 Å². The standard InChI is InChI=1S/C11H15NS/c1-3-9(2)13-11-6-4-10(8-12)5-7-11/h3-7,9H,1,8,12H2,2H3. The van der Waals surface area contributed by atoms with Gasteiger partial charge in [0, 0.05) is 16.7 Å². The van der Waals surface area contributed by atoms with E-state index in [0.717, 1.165) is 0 Å². The van der Waals surface area contributed by atoms with E-state index in [1.807, 2.05) is 6.08 Å². The predicted octanol–water partition coefficient (Wildman–Crippen LogP) is 2.81. The summed E-state index contributed by atoms with van der Waals surface area (Å²) in [6.45, 7) is 6.50. The highest BCUT2D eigenvalue weighted by Gasteiger charge is 1.98. The molecule has 0 saturated carbocycles. The van der Waals surface area contributed by atoms with E-state index >= 15 is 0 Å². The minimum atomic E-state index is 0.462. The highest BCUT2D eigenvalue weighted by atomic mass is 32.2. The van der Waals surface area contributed by atoms with Crippen molar-refractivity contribution in [3.8, 4) is 0 Å². The Bertz CT molecular complexity index is 266. The van der Waals surface area contributed by atoms with E-state index < -0.39 is 0 Å². The minimum Gasteiger partial charge on any atom is -0.326 e. The summed E-state index contributed by atoms with van der Waals surface area (Å²) in [5.41, 5.74) is 6.68. The molecule has 0 saturated heterocycles. The Hall–Kier alpha value is -0.730. The molecule has 1 aromatic carbocycles. The van der Waals surface area contributed by atoms with E-state index in [2.05, 4.69) is 37.8 Å². The lowest BCUT2D eigenvalue weighted by atomic mass is 10.2. The van der Waals surface area contributed by atoms with Gasteiger partial charge < -0.3 is 5.73 Å². The van der Waals surface area contributed by atoms with Crippen molar-refractivity contribution >= 4 is 11.8 Å². The molecule has 0 aromatic heterocycles. The molecule has 0 fully saturated rings. The predicted molar refractivity (Wildman–Crippen MR) is 59.8 cm³/mol. The second kappa shape index (κ2) is 5.10. The molecule has 1 aromatic rings. The van der Waals surface area contributed by atoms with E-state index in [1.54, 1.807) is 11.8 Å². The normalized spacial score (nSPS) is 12.5. The maximum Gasteiger partial charge on any atom is 0.0243 e. The van der Waals surface area contributed by atoms with E-state index in [9.17, 15) is 0 Å². The van der Waals surface area contributed by atoms with Gasteiger partial charge in [0.1, 0.15) is 0 Å². The summed E-state index contributed by atoms with van der Waals surface area (Å²) in [4.78, 5) is 1.27. The van der Waals surface area contributed by atoms with Crippen molar-refractivity contribution < 1.29 is 0 Å². The fourth-order valence-corrected chi connectivity index (χ4v) is 1.79. The molecule has 13 heavy (non-hydrogen) atoms. The summed E-state index contributed by atoms with van der Waals surface area (Å²) in [5.74, 6) is 0. The molecule has 1 nitrogen and oxygen atoms in total. The van der Waals surface area contributed by atoms with Gasteiger partial charge in [0.25, 0.3) is 0 Å². The Morgan fingerprint density at radius 1 is 1.46 bits per heavy atom. The van der Waals surface area contributed by atoms with Crippen molar-refractivity contribution in [2.75, 3.05) is 0 Å². The van der Waals surface area contributed by atoms with Crippen LogP contribution in [-0.2, 0) is 6.54 Å². The Labute approximate surface area is 84.0 Å². The molecular formula is C11H15NS. The zero-order valence-electron chi connectivity index (χ0n) is 7.86. The van der Waals surface area contributed by atoms with E-state index in [0.29, 0.717) is 11.8 Å². The van der Waals surface area contributed by atoms with Crippen LogP contribution in [-0.4, -0.2) is 5.25 Å². The smallest absolute Gasteiger partial charge is 0.0243 e. The third-order valence-corrected chi connectivity index (χ3v) is 2.92. The zero-order valence-corrected chi connectivity index (χ0v) is 8.68. The van der Waals surface area contributed by atoms with Gasteiger partial charge in [-0.2, -0.15) is 0 Å². The molecule has 1 unspecified atom stereocenters. The van der Waals surface area contributed by atoms with E-state index in [1.165, 1.54) is 10.5 Å². The van der Waals surface area contributed by atoms with Gasteiger partial charge in [-0.15, -0.1) is 18.3 Å². The second-order valence-electron chi connectivity index (χ2n) is 2.91. The van der Waals surface area contributed by atoms with Crippen LogP contribution >= 0.6 is 11.8 Å². The van der Waals surface area contributed by atoms with Gasteiger partial charge in [-0.25, -0.2) is 0 Å². The lowest BCUT2D eigenvalue weighted by molar-refractivity contribution is 1.06. The van der Waals surface area contributed by atoms with Crippen molar-refractivity contribution in [1.29, 1.82) is 0 Å². The first kappa shape index (κ1) is 10.4. The average molecular weight is 193 g/mol.